The molecule has 0 atom stereocenters. The number of hydrogen-bond donors (Lipinski definition) is 2. The molecule has 0 fully saturated rings. The second-order valence-corrected chi connectivity index (χ2v) is 4.70. The molecular weight excluding hydrogens is 266 g/mol. The van der Waals surface area contributed by atoms with Gasteiger partial charge in [-0.2, -0.15) is 5.10 Å². The van der Waals surface area contributed by atoms with E-state index in [0.717, 1.165) is 24.4 Å². The largest absolute Gasteiger partial charge is 0.369 e. The van der Waals surface area contributed by atoms with Gasteiger partial charge >= 0.3 is 0 Å². The van der Waals surface area contributed by atoms with Crippen molar-refractivity contribution in [3.05, 3.63) is 39.2 Å². The van der Waals surface area contributed by atoms with Crippen molar-refractivity contribution in [3.8, 4) is 0 Å². The standard InChI is InChI=1S/C12H16ClN5O/c1-8-6-9(2)18(17-8)5-3-4-14-11-10(13)12(19)16-7-15-11/h6-7H,3-5H2,1-2H3,(H2,14,15,16,19). The van der Waals surface area contributed by atoms with E-state index in [2.05, 4.69) is 20.4 Å². The zero-order chi connectivity index (χ0) is 13.8. The molecule has 102 valence electrons. The summed E-state index contributed by atoms with van der Waals surface area (Å²) in [7, 11) is 0. The number of aryl methyl sites for hydroxylation is 3. The number of rotatable bonds is 5. The highest BCUT2D eigenvalue weighted by Crippen LogP contribution is 2.11. The molecule has 0 bridgehead atoms. The lowest BCUT2D eigenvalue weighted by molar-refractivity contribution is 0.573. The van der Waals surface area contributed by atoms with E-state index in [1.807, 2.05) is 24.6 Å². The Hall–Kier alpha value is -1.82. The Bertz CT molecular complexity index is 619. The lowest BCUT2D eigenvalue weighted by atomic mass is 10.4. The quantitative estimate of drug-likeness (QED) is 0.819. The fourth-order valence-electron chi connectivity index (χ4n) is 1.84. The first-order chi connectivity index (χ1) is 9.08. The summed E-state index contributed by atoms with van der Waals surface area (Å²) in [5, 5.41) is 7.52. The Labute approximate surface area is 115 Å². The molecule has 0 aliphatic heterocycles. The molecule has 0 aliphatic carbocycles. The third-order valence-corrected chi connectivity index (χ3v) is 3.09. The molecule has 0 saturated heterocycles. The average Bonchev–Trinajstić information content (AvgIpc) is 2.68. The highest BCUT2D eigenvalue weighted by Gasteiger charge is 2.05. The molecule has 0 unspecified atom stereocenters. The minimum Gasteiger partial charge on any atom is -0.369 e. The average molecular weight is 282 g/mol. The second kappa shape index (κ2) is 5.88. The lowest BCUT2D eigenvalue weighted by Gasteiger charge is -2.07. The minimum absolute atomic E-state index is 0.0913. The van der Waals surface area contributed by atoms with E-state index in [-0.39, 0.29) is 10.6 Å². The molecule has 2 heterocycles. The first-order valence-electron chi connectivity index (χ1n) is 6.06. The third-order valence-electron chi connectivity index (χ3n) is 2.74. The fraction of sp³-hybridized carbons (Fsp3) is 0.417. The molecule has 2 aromatic heterocycles. The minimum atomic E-state index is -0.335. The molecule has 0 saturated carbocycles. The number of nitrogens with zero attached hydrogens (tertiary/aromatic N) is 3. The Kier molecular flexibility index (Phi) is 4.21. The van der Waals surface area contributed by atoms with Crippen molar-refractivity contribution in [2.24, 2.45) is 0 Å². The van der Waals surface area contributed by atoms with Crippen molar-refractivity contribution >= 4 is 17.4 Å². The van der Waals surface area contributed by atoms with Crippen LogP contribution in [-0.2, 0) is 6.54 Å². The Morgan fingerprint density at radius 3 is 2.95 bits per heavy atom. The molecule has 6 nitrogen and oxygen atoms in total. The van der Waals surface area contributed by atoms with E-state index < -0.39 is 0 Å². The predicted octanol–water partition coefficient (Wildman–Crippen LogP) is 1.74. The summed E-state index contributed by atoms with van der Waals surface area (Å²) >= 11 is 5.83. The molecule has 2 aromatic rings. The van der Waals surface area contributed by atoms with E-state index in [0.29, 0.717) is 12.4 Å². The van der Waals surface area contributed by atoms with Gasteiger partial charge in [0.25, 0.3) is 5.56 Å². The number of halogens is 1. The van der Waals surface area contributed by atoms with Gasteiger partial charge in [0.05, 0.1) is 12.0 Å². The van der Waals surface area contributed by atoms with E-state index >= 15 is 0 Å². The van der Waals surface area contributed by atoms with E-state index in [1.54, 1.807) is 0 Å². The van der Waals surface area contributed by atoms with E-state index in [9.17, 15) is 4.79 Å². The monoisotopic (exact) mass is 281 g/mol. The number of aromatic nitrogens is 4. The van der Waals surface area contributed by atoms with E-state index in [1.165, 1.54) is 6.33 Å². The lowest BCUT2D eigenvalue weighted by Crippen LogP contribution is -2.14. The van der Waals surface area contributed by atoms with Crippen LogP contribution < -0.4 is 10.9 Å². The van der Waals surface area contributed by atoms with Crippen LogP contribution in [0.25, 0.3) is 0 Å². The predicted molar refractivity (Wildman–Crippen MR) is 74.7 cm³/mol. The van der Waals surface area contributed by atoms with Crippen LogP contribution in [0.3, 0.4) is 0 Å². The first-order valence-corrected chi connectivity index (χ1v) is 6.44. The molecule has 19 heavy (non-hydrogen) atoms. The highest BCUT2D eigenvalue weighted by atomic mass is 35.5. The highest BCUT2D eigenvalue weighted by molar-refractivity contribution is 6.32. The van der Waals surface area contributed by atoms with Crippen LogP contribution in [0.4, 0.5) is 5.82 Å². The van der Waals surface area contributed by atoms with Crippen LogP contribution in [0.15, 0.2) is 17.2 Å². The maximum atomic E-state index is 11.3. The Morgan fingerprint density at radius 2 is 2.26 bits per heavy atom. The van der Waals surface area contributed by atoms with Crippen LogP contribution in [0, 0.1) is 13.8 Å². The SMILES string of the molecule is Cc1cc(C)n(CCCNc2nc[nH]c(=O)c2Cl)n1. The zero-order valence-corrected chi connectivity index (χ0v) is 11.7. The van der Waals surface area contributed by atoms with Crippen molar-refractivity contribution in [1.82, 2.24) is 19.7 Å². The van der Waals surface area contributed by atoms with Crippen LogP contribution in [-0.4, -0.2) is 26.3 Å². The number of nitrogens with one attached hydrogen (secondary N) is 2. The van der Waals surface area contributed by atoms with Gasteiger partial charge < -0.3 is 10.3 Å². The zero-order valence-electron chi connectivity index (χ0n) is 10.9. The number of hydrogen-bond acceptors (Lipinski definition) is 4. The summed E-state index contributed by atoms with van der Waals surface area (Å²) in [5.41, 5.74) is 1.83. The van der Waals surface area contributed by atoms with Gasteiger partial charge in [-0.15, -0.1) is 0 Å². The molecule has 0 aromatic carbocycles. The van der Waals surface area contributed by atoms with Gasteiger partial charge in [-0.1, -0.05) is 11.6 Å². The van der Waals surface area contributed by atoms with Crippen molar-refractivity contribution in [2.45, 2.75) is 26.8 Å². The molecule has 0 aliphatic rings. The van der Waals surface area contributed by atoms with Gasteiger partial charge in [0.2, 0.25) is 0 Å². The normalized spacial score (nSPS) is 10.7. The molecule has 0 amide bonds. The summed E-state index contributed by atoms with van der Waals surface area (Å²) in [5.74, 6) is 0.416. The summed E-state index contributed by atoms with van der Waals surface area (Å²) in [4.78, 5) is 17.7. The third kappa shape index (κ3) is 3.35. The van der Waals surface area contributed by atoms with Gasteiger partial charge in [0.1, 0.15) is 5.02 Å². The molecule has 0 spiro atoms. The van der Waals surface area contributed by atoms with Gasteiger partial charge in [-0.3, -0.25) is 9.48 Å². The van der Waals surface area contributed by atoms with Gasteiger partial charge in [-0.25, -0.2) is 4.98 Å². The van der Waals surface area contributed by atoms with Crippen LogP contribution in [0.5, 0.6) is 0 Å². The van der Waals surface area contributed by atoms with Crippen molar-refractivity contribution < 1.29 is 0 Å². The van der Waals surface area contributed by atoms with Crippen LogP contribution >= 0.6 is 11.6 Å². The first kappa shape index (κ1) is 13.6. The Morgan fingerprint density at radius 1 is 1.47 bits per heavy atom. The number of H-pyrrole nitrogens is 1. The molecule has 2 N–H and O–H groups in total. The smallest absolute Gasteiger partial charge is 0.271 e. The van der Waals surface area contributed by atoms with Crippen molar-refractivity contribution in [2.75, 3.05) is 11.9 Å². The maximum absolute atomic E-state index is 11.3. The van der Waals surface area contributed by atoms with Gasteiger partial charge in [0.15, 0.2) is 5.82 Å². The fourth-order valence-corrected chi connectivity index (χ4v) is 2.01. The van der Waals surface area contributed by atoms with Crippen LogP contribution in [0.1, 0.15) is 17.8 Å². The topological polar surface area (TPSA) is 75.6 Å². The molecule has 2 rings (SSSR count). The maximum Gasteiger partial charge on any atom is 0.271 e. The van der Waals surface area contributed by atoms with Gasteiger partial charge in [0, 0.05) is 18.8 Å². The molecular formula is C12H16ClN5O. The van der Waals surface area contributed by atoms with Crippen molar-refractivity contribution in [1.29, 1.82) is 0 Å². The number of anilines is 1. The van der Waals surface area contributed by atoms with Crippen molar-refractivity contribution in [3.63, 3.8) is 0 Å². The molecule has 7 heteroatoms. The number of aromatic amines is 1. The van der Waals surface area contributed by atoms with Crippen LogP contribution in [0.2, 0.25) is 5.02 Å². The summed E-state index contributed by atoms with van der Waals surface area (Å²) in [6, 6.07) is 2.04. The second-order valence-electron chi connectivity index (χ2n) is 4.32. The van der Waals surface area contributed by atoms with E-state index in [4.69, 9.17) is 11.6 Å². The summed E-state index contributed by atoms with van der Waals surface area (Å²) in [6.07, 6.45) is 2.20. The van der Waals surface area contributed by atoms with Gasteiger partial charge in [-0.05, 0) is 26.3 Å². The summed E-state index contributed by atoms with van der Waals surface area (Å²) in [6.45, 7) is 5.49. The molecule has 0 radical (unpaired) electrons. The summed E-state index contributed by atoms with van der Waals surface area (Å²) < 4.78 is 1.96. The Balaban J connectivity index is 1.86.